The molecule has 15 heavy (non-hydrogen) atoms. The molecule has 0 heterocycles. The van der Waals surface area contributed by atoms with Crippen LogP contribution in [-0.4, -0.2) is 24.2 Å². The van der Waals surface area contributed by atoms with Gasteiger partial charge in [-0.05, 0) is 11.6 Å². The summed E-state index contributed by atoms with van der Waals surface area (Å²) in [5, 5.41) is 9.41. The van der Waals surface area contributed by atoms with E-state index in [0.717, 1.165) is 0 Å². The van der Waals surface area contributed by atoms with Crippen molar-refractivity contribution >= 4 is 18.4 Å². The Morgan fingerprint density at radius 1 is 1.53 bits per heavy atom. The minimum absolute atomic E-state index is 0. The second kappa shape index (κ2) is 6.27. The van der Waals surface area contributed by atoms with Crippen LogP contribution in [-0.2, 0) is 16.0 Å². The molecule has 0 saturated heterocycles. The van der Waals surface area contributed by atoms with Crippen molar-refractivity contribution in [2.45, 2.75) is 12.5 Å². The summed E-state index contributed by atoms with van der Waals surface area (Å²) in [6, 6.07) is 6.03. The van der Waals surface area contributed by atoms with Gasteiger partial charge in [0.2, 0.25) is 0 Å². The van der Waals surface area contributed by atoms with Crippen LogP contribution in [0.2, 0.25) is 0 Å². The van der Waals surface area contributed by atoms with Crippen molar-refractivity contribution < 1.29 is 14.6 Å². The summed E-state index contributed by atoms with van der Waals surface area (Å²) in [4.78, 5) is 11.0. The normalized spacial score (nSPS) is 11.3. The van der Waals surface area contributed by atoms with Crippen LogP contribution in [0.1, 0.15) is 5.56 Å². The van der Waals surface area contributed by atoms with E-state index in [9.17, 15) is 9.90 Å². The molecule has 0 aliphatic heterocycles. The quantitative estimate of drug-likeness (QED) is 0.757. The SMILES string of the molecule is COC(=O)[C@@H](N)Cc1ccccc1O.Cl. The van der Waals surface area contributed by atoms with Crippen LogP contribution in [0.15, 0.2) is 24.3 Å². The number of aromatic hydroxyl groups is 1. The van der Waals surface area contributed by atoms with Gasteiger partial charge >= 0.3 is 5.97 Å². The standard InChI is InChI=1S/C10H13NO3.ClH/c1-14-10(13)8(11)6-7-4-2-3-5-9(7)12;/h2-5,8,12H,6,11H2,1H3;1H/t8-;/m0./s1. The first-order valence-electron chi connectivity index (χ1n) is 4.25. The van der Waals surface area contributed by atoms with Crippen molar-refractivity contribution in [1.82, 2.24) is 0 Å². The molecule has 1 rings (SSSR count). The van der Waals surface area contributed by atoms with Gasteiger partial charge in [-0.15, -0.1) is 12.4 Å². The lowest BCUT2D eigenvalue weighted by atomic mass is 10.1. The van der Waals surface area contributed by atoms with Crippen LogP contribution < -0.4 is 5.73 Å². The predicted molar refractivity (Wildman–Crippen MR) is 59.1 cm³/mol. The zero-order valence-electron chi connectivity index (χ0n) is 8.34. The average Bonchev–Trinajstić information content (AvgIpc) is 2.20. The lowest BCUT2D eigenvalue weighted by molar-refractivity contribution is -0.142. The maximum atomic E-state index is 11.0. The summed E-state index contributed by atoms with van der Waals surface area (Å²) >= 11 is 0. The number of phenolic OH excluding ortho intramolecular Hbond substituents is 1. The third-order valence-corrected chi connectivity index (χ3v) is 1.94. The van der Waals surface area contributed by atoms with E-state index >= 15 is 0 Å². The Labute approximate surface area is 94.5 Å². The molecule has 0 aromatic heterocycles. The van der Waals surface area contributed by atoms with Crippen LogP contribution in [0.5, 0.6) is 5.75 Å². The third kappa shape index (κ3) is 3.77. The third-order valence-electron chi connectivity index (χ3n) is 1.94. The molecule has 0 amide bonds. The van der Waals surface area contributed by atoms with Gasteiger partial charge in [0.15, 0.2) is 0 Å². The Kier molecular flexibility index (Phi) is 5.74. The predicted octanol–water partition coefficient (Wildman–Crippen LogP) is 0.857. The van der Waals surface area contributed by atoms with E-state index < -0.39 is 12.0 Å². The maximum Gasteiger partial charge on any atom is 0.322 e. The number of benzene rings is 1. The molecular formula is C10H14ClNO3. The van der Waals surface area contributed by atoms with Crippen LogP contribution in [0.25, 0.3) is 0 Å². The number of carbonyl (C=O) groups excluding carboxylic acids is 1. The second-order valence-electron chi connectivity index (χ2n) is 2.96. The van der Waals surface area contributed by atoms with E-state index in [1.807, 2.05) is 0 Å². The van der Waals surface area contributed by atoms with Crippen LogP contribution >= 0.6 is 12.4 Å². The molecule has 0 spiro atoms. The summed E-state index contributed by atoms with van der Waals surface area (Å²) in [5.41, 5.74) is 6.19. The fourth-order valence-electron chi connectivity index (χ4n) is 1.16. The molecule has 0 aliphatic carbocycles. The average molecular weight is 232 g/mol. The Morgan fingerprint density at radius 2 is 2.13 bits per heavy atom. The van der Waals surface area contributed by atoms with Gasteiger partial charge in [-0.3, -0.25) is 4.79 Å². The summed E-state index contributed by atoms with van der Waals surface area (Å²) in [6.07, 6.45) is 0.277. The monoisotopic (exact) mass is 231 g/mol. The van der Waals surface area contributed by atoms with Crippen LogP contribution in [0.4, 0.5) is 0 Å². The molecule has 1 aromatic rings. The van der Waals surface area contributed by atoms with E-state index in [2.05, 4.69) is 4.74 Å². The van der Waals surface area contributed by atoms with Gasteiger partial charge in [0.05, 0.1) is 7.11 Å². The van der Waals surface area contributed by atoms with E-state index in [1.165, 1.54) is 7.11 Å². The number of para-hydroxylation sites is 1. The number of halogens is 1. The first-order chi connectivity index (χ1) is 6.65. The van der Waals surface area contributed by atoms with Gasteiger partial charge in [0, 0.05) is 6.42 Å². The highest BCUT2D eigenvalue weighted by Gasteiger charge is 2.15. The maximum absolute atomic E-state index is 11.0. The number of hydrogen-bond donors (Lipinski definition) is 2. The van der Waals surface area contributed by atoms with Gasteiger partial charge < -0.3 is 15.6 Å². The van der Waals surface area contributed by atoms with Gasteiger partial charge in [-0.2, -0.15) is 0 Å². The Hall–Kier alpha value is -1.26. The Balaban J connectivity index is 0.00000196. The molecule has 3 N–H and O–H groups in total. The van der Waals surface area contributed by atoms with Gasteiger partial charge in [-0.25, -0.2) is 0 Å². The van der Waals surface area contributed by atoms with Crippen molar-refractivity contribution in [2.24, 2.45) is 5.73 Å². The minimum atomic E-state index is -0.728. The van der Waals surface area contributed by atoms with E-state index in [1.54, 1.807) is 24.3 Å². The number of methoxy groups -OCH3 is 1. The molecule has 0 unspecified atom stereocenters. The van der Waals surface area contributed by atoms with Crippen molar-refractivity contribution in [3.63, 3.8) is 0 Å². The van der Waals surface area contributed by atoms with Crippen molar-refractivity contribution in [2.75, 3.05) is 7.11 Å². The highest BCUT2D eigenvalue weighted by molar-refractivity contribution is 5.85. The summed E-state index contributed by atoms with van der Waals surface area (Å²) < 4.78 is 4.48. The first-order valence-corrected chi connectivity index (χ1v) is 4.25. The molecule has 0 bridgehead atoms. The van der Waals surface area contributed by atoms with Crippen LogP contribution in [0.3, 0.4) is 0 Å². The number of hydrogen-bond acceptors (Lipinski definition) is 4. The molecule has 0 aliphatic rings. The lowest BCUT2D eigenvalue weighted by Gasteiger charge is -2.09. The number of ether oxygens (including phenoxy) is 1. The van der Waals surface area contributed by atoms with Crippen molar-refractivity contribution in [1.29, 1.82) is 0 Å². The van der Waals surface area contributed by atoms with Gasteiger partial charge in [0.1, 0.15) is 11.8 Å². The second-order valence-corrected chi connectivity index (χ2v) is 2.96. The molecular weight excluding hydrogens is 218 g/mol. The van der Waals surface area contributed by atoms with E-state index in [0.29, 0.717) is 5.56 Å². The number of phenols is 1. The first kappa shape index (κ1) is 13.7. The molecule has 5 heteroatoms. The topological polar surface area (TPSA) is 72.5 Å². The molecule has 0 saturated carbocycles. The number of esters is 1. The number of rotatable bonds is 3. The van der Waals surface area contributed by atoms with Gasteiger partial charge in [0.25, 0.3) is 0 Å². The van der Waals surface area contributed by atoms with Crippen molar-refractivity contribution in [3.05, 3.63) is 29.8 Å². The van der Waals surface area contributed by atoms with Gasteiger partial charge in [-0.1, -0.05) is 18.2 Å². The highest BCUT2D eigenvalue weighted by atomic mass is 35.5. The number of carbonyl (C=O) groups is 1. The summed E-state index contributed by atoms with van der Waals surface area (Å²) in [6.45, 7) is 0. The number of nitrogens with two attached hydrogens (primary N) is 1. The smallest absolute Gasteiger partial charge is 0.322 e. The molecule has 4 nitrogen and oxygen atoms in total. The zero-order valence-corrected chi connectivity index (χ0v) is 9.16. The molecule has 0 radical (unpaired) electrons. The summed E-state index contributed by atoms with van der Waals surface area (Å²) in [7, 11) is 1.28. The van der Waals surface area contributed by atoms with E-state index in [4.69, 9.17) is 5.73 Å². The molecule has 0 fully saturated rings. The Bertz CT molecular complexity index is 330. The minimum Gasteiger partial charge on any atom is -0.508 e. The molecule has 1 atom stereocenters. The van der Waals surface area contributed by atoms with Crippen molar-refractivity contribution in [3.8, 4) is 5.75 Å². The van der Waals surface area contributed by atoms with E-state index in [-0.39, 0.29) is 24.6 Å². The highest BCUT2D eigenvalue weighted by Crippen LogP contribution is 2.16. The zero-order chi connectivity index (χ0) is 10.6. The molecule has 1 aromatic carbocycles. The lowest BCUT2D eigenvalue weighted by Crippen LogP contribution is -2.33. The fraction of sp³-hybridized carbons (Fsp3) is 0.300. The molecule has 84 valence electrons. The fourth-order valence-corrected chi connectivity index (χ4v) is 1.16. The Morgan fingerprint density at radius 3 is 2.67 bits per heavy atom. The summed E-state index contributed by atoms with van der Waals surface area (Å²) in [5.74, 6) is -0.333. The largest absolute Gasteiger partial charge is 0.508 e. The van der Waals surface area contributed by atoms with Crippen LogP contribution in [0, 0.1) is 0 Å².